The molecule has 1 saturated heterocycles. The van der Waals surface area contributed by atoms with Crippen LogP contribution in [0.5, 0.6) is 0 Å². The number of imide groups is 2. The largest absolute Gasteiger partial charge is 0.331 e. The fourth-order valence-electron chi connectivity index (χ4n) is 3.17. The van der Waals surface area contributed by atoms with Gasteiger partial charge >= 0.3 is 6.03 Å². The fourth-order valence-corrected chi connectivity index (χ4v) is 3.17. The van der Waals surface area contributed by atoms with Crippen LogP contribution >= 0.6 is 0 Å². The van der Waals surface area contributed by atoms with Crippen LogP contribution in [-0.4, -0.2) is 28.8 Å². The van der Waals surface area contributed by atoms with E-state index >= 15 is 0 Å². The van der Waals surface area contributed by atoms with Crippen LogP contribution in [0.2, 0.25) is 0 Å². The Labute approximate surface area is 106 Å². The van der Waals surface area contributed by atoms with Crippen molar-refractivity contribution in [1.29, 1.82) is 0 Å². The maximum absolute atomic E-state index is 12.5. The SMILES string of the molecule is CC(C1CCC1)N1C(=O)NC(=O)C2(CCC2)C1=O. The van der Waals surface area contributed by atoms with Crippen LogP contribution in [0, 0.1) is 11.3 Å². The number of hydrogen-bond donors (Lipinski definition) is 1. The molecule has 18 heavy (non-hydrogen) atoms. The summed E-state index contributed by atoms with van der Waals surface area (Å²) in [4.78, 5) is 37.6. The first-order chi connectivity index (χ1) is 8.56. The summed E-state index contributed by atoms with van der Waals surface area (Å²) in [5.74, 6) is -0.243. The zero-order valence-electron chi connectivity index (χ0n) is 10.6. The summed E-state index contributed by atoms with van der Waals surface area (Å²) in [7, 11) is 0. The second kappa shape index (κ2) is 3.80. The Morgan fingerprint density at radius 2 is 1.89 bits per heavy atom. The molecule has 5 nitrogen and oxygen atoms in total. The number of amides is 4. The smallest absolute Gasteiger partial charge is 0.277 e. The molecule has 1 unspecified atom stereocenters. The van der Waals surface area contributed by atoms with E-state index in [-0.39, 0.29) is 17.9 Å². The number of carbonyl (C=O) groups is 3. The lowest BCUT2D eigenvalue weighted by molar-refractivity contribution is -0.160. The Bertz CT molecular complexity index is 424. The number of carbonyl (C=O) groups excluding carboxylic acids is 3. The Hall–Kier alpha value is -1.39. The second-order valence-corrected chi connectivity index (χ2v) is 5.80. The molecule has 0 aromatic carbocycles. The summed E-state index contributed by atoms with van der Waals surface area (Å²) in [6.45, 7) is 1.92. The first-order valence-electron chi connectivity index (χ1n) is 6.75. The zero-order chi connectivity index (χ0) is 12.9. The van der Waals surface area contributed by atoms with Gasteiger partial charge in [0, 0.05) is 6.04 Å². The van der Waals surface area contributed by atoms with E-state index in [1.165, 1.54) is 11.3 Å². The van der Waals surface area contributed by atoms with Crippen molar-refractivity contribution in [3.63, 3.8) is 0 Å². The van der Waals surface area contributed by atoms with Crippen molar-refractivity contribution in [2.45, 2.75) is 51.5 Å². The van der Waals surface area contributed by atoms with Gasteiger partial charge in [0.25, 0.3) is 0 Å². The van der Waals surface area contributed by atoms with Gasteiger partial charge in [-0.25, -0.2) is 4.79 Å². The maximum atomic E-state index is 12.5. The highest BCUT2D eigenvalue weighted by atomic mass is 16.2. The Morgan fingerprint density at radius 1 is 1.22 bits per heavy atom. The van der Waals surface area contributed by atoms with Crippen molar-refractivity contribution < 1.29 is 14.4 Å². The standard InChI is InChI=1S/C13H18N2O3/c1-8(9-4-2-5-9)15-11(17)13(6-3-7-13)10(16)14-12(15)18/h8-9H,2-7H2,1H3,(H,14,16,18). The van der Waals surface area contributed by atoms with Gasteiger partial charge in [-0.3, -0.25) is 19.8 Å². The molecule has 0 radical (unpaired) electrons. The van der Waals surface area contributed by atoms with Crippen molar-refractivity contribution in [2.24, 2.45) is 11.3 Å². The van der Waals surface area contributed by atoms with Crippen LogP contribution in [0.1, 0.15) is 45.4 Å². The molecule has 1 heterocycles. The predicted octanol–water partition coefficient (Wildman–Crippen LogP) is 1.42. The lowest BCUT2D eigenvalue weighted by Crippen LogP contribution is -2.68. The zero-order valence-corrected chi connectivity index (χ0v) is 10.6. The van der Waals surface area contributed by atoms with E-state index in [4.69, 9.17) is 0 Å². The summed E-state index contributed by atoms with van der Waals surface area (Å²) >= 11 is 0. The van der Waals surface area contributed by atoms with E-state index in [1.54, 1.807) is 0 Å². The molecular weight excluding hydrogens is 232 g/mol. The Morgan fingerprint density at radius 3 is 2.33 bits per heavy atom. The molecular formula is C13H18N2O3. The molecule has 1 spiro atoms. The van der Waals surface area contributed by atoms with Crippen LogP contribution in [0.3, 0.4) is 0 Å². The lowest BCUT2D eigenvalue weighted by atomic mass is 9.65. The fraction of sp³-hybridized carbons (Fsp3) is 0.769. The molecule has 2 aliphatic carbocycles. The highest BCUT2D eigenvalue weighted by Gasteiger charge is 2.58. The van der Waals surface area contributed by atoms with Crippen LogP contribution in [-0.2, 0) is 9.59 Å². The summed E-state index contributed by atoms with van der Waals surface area (Å²) < 4.78 is 0. The maximum Gasteiger partial charge on any atom is 0.331 e. The molecule has 1 N–H and O–H groups in total. The van der Waals surface area contributed by atoms with E-state index in [9.17, 15) is 14.4 Å². The van der Waals surface area contributed by atoms with Crippen molar-refractivity contribution in [3.05, 3.63) is 0 Å². The minimum Gasteiger partial charge on any atom is -0.277 e. The Kier molecular flexibility index (Phi) is 2.47. The van der Waals surface area contributed by atoms with Crippen LogP contribution in [0.4, 0.5) is 4.79 Å². The van der Waals surface area contributed by atoms with E-state index in [0.717, 1.165) is 19.3 Å². The second-order valence-electron chi connectivity index (χ2n) is 5.80. The molecule has 3 fully saturated rings. The highest BCUT2D eigenvalue weighted by Crippen LogP contribution is 2.46. The molecule has 5 heteroatoms. The molecule has 0 aromatic rings. The van der Waals surface area contributed by atoms with Crippen LogP contribution in [0.25, 0.3) is 0 Å². The number of hydrogen-bond acceptors (Lipinski definition) is 3. The number of nitrogens with one attached hydrogen (secondary N) is 1. The first-order valence-corrected chi connectivity index (χ1v) is 6.75. The summed E-state index contributed by atoms with van der Waals surface area (Å²) in [6, 6.07) is -0.612. The summed E-state index contributed by atoms with van der Waals surface area (Å²) in [6.07, 6.45) is 5.36. The number of urea groups is 1. The van der Waals surface area contributed by atoms with Gasteiger partial charge < -0.3 is 0 Å². The third kappa shape index (κ3) is 1.36. The van der Waals surface area contributed by atoms with Gasteiger partial charge in [0.2, 0.25) is 11.8 Å². The number of rotatable bonds is 2. The van der Waals surface area contributed by atoms with Gasteiger partial charge in [-0.2, -0.15) is 0 Å². The molecule has 0 aromatic heterocycles. The molecule has 1 atom stereocenters. The Balaban J connectivity index is 1.86. The third-order valence-corrected chi connectivity index (χ3v) is 4.95. The van der Waals surface area contributed by atoms with Gasteiger partial charge in [-0.1, -0.05) is 12.8 Å². The molecule has 2 saturated carbocycles. The van der Waals surface area contributed by atoms with E-state index in [1.807, 2.05) is 6.92 Å². The molecule has 3 rings (SSSR count). The third-order valence-electron chi connectivity index (χ3n) is 4.95. The molecule has 1 aliphatic heterocycles. The topological polar surface area (TPSA) is 66.5 Å². The average Bonchev–Trinajstić information content (AvgIpc) is 2.10. The van der Waals surface area contributed by atoms with E-state index in [0.29, 0.717) is 18.8 Å². The van der Waals surface area contributed by atoms with E-state index < -0.39 is 11.4 Å². The lowest BCUT2D eigenvalue weighted by Gasteiger charge is -2.48. The minimum atomic E-state index is -0.925. The van der Waals surface area contributed by atoms with Crippen LogP contribution in [0.15, 0.2) is 0 Å². The number of barbiturate groups is 1. The molecule has 4 amide bonds. The van der Waals surface area contributed by atoms with Crippen molar-refractivity contribution in [2.75, 3.05) is 0 Å². The summed E-state index contributed by atoms with van der Waals surface area (Å²) in [5, 5.41) is 2.36. The number of nitrogens with zero attached hydrogens (tertiary/aromatic N) is 1. The molecule has 98 valence electrons. The van der Waals surface area contributed by atoms with Crippen molar-refractivity contribution >= 4 is 17.8 Å². The van der Waals surface area contributed by atoms with E-state index in [2.05, 4.69) is 5.32 Å². The quantitative estimate of drug-likeness (QED) is 0.754. The van der Waals surface area contributed by atoms with Gasteiger partial charge in [0.1, 0.15) is 5.41 Å². The van der Waals surface area contributed by atoms with Crippen molar-refractivity contribution in [3.8, 4) is 0 Å². The van der Waals surface area contributed by atoms with Gasteiger partial charge in [-0.15, -0.1) is 0 Å². The van der Waals surface area contributed by atoms with Crippen molar-refractivity contribution in [1.82, 2.24) is 10.2 Å². The minimum absolute atomic E-state index is 0.0863. The summed E-state index contributed by atoms with van der Waals surface area (Å²) in [5.41, 5.74) is -0.925. The predicted molar refractivity (Wildman–Crippen MR) is 63.5 cm³/mol. The molecule has 0 bridgehead atoms. The van der Waals surface area contributed by atoms with Gasteiger partial charge in [0.15, 0.2) is 0 Å². The van der Waals surface area contributed by atoms with Gasteiger partial charge in [-0.05, 0) is 38.5 Å². The van der Waals surface area contributed by atoms with Gasteiger partial charge in [0.05, 0.1) is 0 Å². The highest BCUT2D eigenvalue weighted by molar-refractivity contribution is 6.19. The first kappa shape index (κ1) is 11.7. The normalized spacial score (nSPS) is 28.7. The monoisotopic (exact) mass is 250 g/mol. The molecule has 3 aliphatic rings. The van der Waals surface area contributed by atoms with Crippen LogP contribution < -0.4 is 5.32 Å². The average molecular weight is 250 g/mol.